The maximum atomic E-state index is 6.68. The van der Waals surface area contributed by atoms with E-state index in [0.29, 0.717) is 5.92 Å². The molecule has 1 aliphatic rings. The second kappa shape index (κ2) is 5.41. The normalized spacial score (nSPS) is 17.8. The van der Waals surface area contributed by atoms with Gasteiger partial charge in [0.2, 0.25) is 0 Å². The van der Waals surface area contributed by atoms with Crippen molar-refractivity contribution in [3.63, 3.8) is 0 Å². The van der Waals surface area contributed by atoms with Crippen molar-refractivity contribution in [1.29, 1.82) is 0 Å². The molecule has 0 radical (unpaired) electrons. The molecule has 1 saturated carbocycles. The summed E-state index contributed by atoms with van der Waals surface area (Å²) in [6.45, 7) is 4.36. The lowest BCUT2D eigenvalue weighted by molar-refractivity contribution is 0.364. The van der Waals surface area contributed by atoms with Gasteiger partial charge in [0.1, 0.15) is 11.5 Å². The lowest BCUT2D eigenvalue weighted by Gasteiger charge is -2.31. The highest BCUT2D eigenvalue weighted by atomic mass is 16.5. The van der Waals surface area contributed by atoms with Gasteiger partial charge in [-0.05, 0) is 30.9 Å². The van der Waals surface area contributed by atoms with Crippen LogP contribution in [0, 0.1) is 0 Å². The Morgan fingerprint density at radius 3 is 2.05 bits per heavy atom. The lowest BCUT2D eigenvalue weighted by atomic mass is 9.81. The molecule has 0 atom stereocenters. The molecule has 0 heterocycles. The van der Waals surface area contributed by atoms with E-state index in [9.17, 15) is 0 Å². The molecule has 19 heavy (non-hydrogen) atoms. The van der Waals surface area contributed by atoms with Gasteiger partial charge < -0.3 is 15.2 Å². The minimum absolute atomic E-state index is 0.264. The van der Waals surface area contributed by atoms with E-state index in [-0.39, 0.29) is 5.54 Å². The van der Waals surface area contributed by atoms with Gasteiger partial charge in [0.25, 0.3) is 0 Å². The third kappa shape index (κ3) is 2.44. The van der Waals surface area contributed by atoms with Gasteiger partial charge in [-0.15, -0.1) is 0 Å². The van der Waals surface area contributed by atoms with Gasteiger partial charge in [-0.3, -0.25) is 0 Å². The second-order valence-corrected chi connectivity index (χ2v) is 5.78. The van der Waals surface area contributed by atoms with E-state index < -0.39 is 0 Å². The molecule has 1 aromatic carbocycles. The Morgan fingerprint density at radius 2 is 1.58 bits per heavy atom. The van der Waals surface area contributed by atoms with Crippen molar-refractivity contribution >= 4 is 0 Å². The molecule has 1 fully saturated rings. The van der Waals surface area contributed by atoms with Crippen molar-refractivity contribution < 1.29 is 9.47 Å². The molecule has 1 aliphatic carbocycles. The molecule has 0 spiro atoms. The summed E-state index contributed by atoms with van der Waals surface area (Å²) in [7, 11) is 3.43. The van der Waals surface area contributed by atoms with Gasteiger partial charge in [0.15, 0.2) is 0 Å². The maximum absolute atomic E-state index is 6.68. The molecule has 3 nitrogen and oxygen atoms in total. The number of hydrogen-bond donors (Lipinski definition) is 1. The van der Waals surface area contributed by atoms with Gasteiger partial charge in [-0.2, -0.15) is 0 Å². The van der Waals surface area contributed by atoms with Crippen LogP contribution in [-0.2, 0) is 5.54 Å². The number of ether oxygens (including phenoxy) is 2. The molecule has 0 aromatic heterocycles. The Morgan fingerprint density at radius 1 is 1.05 bits per heavy atom. The quantitative estimate of drug-likeness (QED) is 0.903. The van der Waals surface area contributed by atoms with Crippen molar-refractivity contribution in [1.82, 2.24) is 0 Å². The number of benzene rings is 1. The fourth-order valence-electron chi connectivity index (χ4n) is 3.27. The molecule has 106 valence electrons. The Balaban J connectivity index is 2.66. The number of rotatable bonds is 4. The molecule has 2 rings (SSSR count). The number of hydrogen-bond acceptors (Lipinski definition) is 3. The average Bonchev–Trinajstić information content (AvgIpc) is 2.84. The van der Waals surface area contributed by atoms with Crippen LogP contribution in [0.15, 0.2) is 12.1 Å². The van der Waals surface area contributed by atoms with Gasteiger partial charge in [0, 0.05) is 16.7 Å². The summed E-state index contributed by atoms with van der Waals surface area (Å²) in [5.41, 5.74) is 8.77. The molecular weight excluding hydrogens is 238 g/mol. The van der Waals surface area contributed by atoms with Crippen molar-refractivity contribution in [3.8, 4) is 11.5 Å². The highest BCUT2D eigenvalue weighted by Crippen LogP contribution is 2.47. The molecule has 3 heteroatoms. The summed E-state index contributed by atoms with van der Waals surface area (Å²) in [5.74, 6) is 2.18. The van der Waals surface area contributed by atoms with Gasteiger partial charge in [0.05, 0.1) is 14.2 Å². The van der Waals surface area contributed by atoms with E-state index in [1.807, 2.05) is 12.1 Å². The van der Waals surface area contributed by atoms with Crippen LogP contribution in [0.3, 0.4) is 0 Å². The van der Waals surface area contributed by atoms with Crippen LogP contribution in [0.25, 0.3) is 0 Å². The first kappa shape index (κ1) is 14.2. The van der Waals surface area contributed by atoms with Crippen molar-refractivity contribution in [2.45, 2.75) is 51.0 Å². The van der Waals surface area contributed by atoms with Crippen molar-refractivity contribution in [2.24, 2.45) is 5.73 Å². The second-order valence-electron chi connectivity index (χ2n) is 5.78. The first-order valence-corrected chi connectivity index (χ1v) is 7.07. The zero-order valence-corrected chi connectivity index (χ0v) is 12.5. The molecule has 0 amide bonds. The van der Waals surface area contributed by atoms with Crippen LogP contribution >= 0.6 is 0 Å². The smallest absolute Gasteiger partial charge is 0.124 e. The monoisotopic (exact) mass is 263 g/mol. The molecule has 1 aromatic rings. The maximum Gasteiger partial charge on any atom is 0.124 e. The largest absolute Gasteiger partial charge is 0.496 e. The molecule has 0 saturated heterocycles. The van der Waals surface area contributed by atoms with Crippen LogP contribution in [0.5, 0.6) is 11.5 Å². The predicted molar refractivity (Wildman–Crippen MR) is 78.0 cm³/mol. The molecule has 2 N–H and O–H groups in total. The fraction of sp³-hybridized carbons (Fsp3) is 0.625. The Labute approximate surface area is 116 Å². The van der Waals surface area contributed by atoms with E-state index in [4.69, 9.17) is 15.2 Å². The Hall–Kier alpha value is -1.22. The number of nitrogens with two attached hydrogens (primary N) is 1. The summed E-state index contributed by atoms with van der Waals surface area (Å²) in [5, 5.41) is 0. The van der Waals surface area contributed by atoms with E-state index in [0.717, 1.165) is 29.9 Å². The first-order chi connectivity index (χ1) is 9.03. The Bertz CT molecular complexity index is 448. The standard InChI is InChI=1S/C16H25NO2/c1-11(2)14-12(18-3)7-8-13(19-4)15(14)16(17)9-5-6-10-16/h7-8,11H,5-6,9-10,17H2,1-4H3. The lowest BCUT2D eigenvalue weighted by Crippen LogP contribution is -2.35. The summed E-state index contributed by atoms with van der Waals surface area (Å²) >= 11 is 0. The van der Waals surface area contributed by atoms with Gasteiger partial charge in [-0.25, -0.2) is 0 Å². The summed E-state index contributed by atoms with van der Waals surface area (Å²) in [6, 6.07) is 3.96. The van der Waals surface area contributed by atoms with Crippen LogP contribution in [0.4, 0.5) is 0 Å². The van der Waals surface area contributed by atoms with Gasteiger partial charge in [-0.1, -0.05) is 26.7 Å². The zero-order valence-electron chi connectivity index (χ0n) is 12.5. The van der Waals surface area contributed by atoms with Crippen LogP contribution in [0.2, 0.25) is 0 Å². The zero-order chi connectivity index (χ0) is 14.0. The van der Waals surface area contributed by atoms with Crippen LogP contribution < -0.4 is 15.2 Å². The summed E-state index contributed by atoms with van der Waals surface area (Å²) in [6.07, 6.45) is 4.43. The topological polar surface area (TPSA) is 44.5 Å². The van der Waals surface area contributed by atoms with Gasteiger partial charge >= 0.3 is 0 Å². The first-order valence-electron chi connectivity index (χ1n) is 7.07. The minimum Gasteiger partial charge on any atom is -0.496 e. The van der Waals surface area contributed by atoms with Crippen molar-refractivity contribution in [3.05, 3.63) is 23.3 Å². The van der Waals surface area contributed by atoms with E-state index in [1.165, 1.54) is 18.4 Å². The van der Waals surface area contributed by atoms with E-state index in [2.05, 4.69) is 13.8 Å². The van der Waals surface area contributed by atoms with Crippen LogP contribution in [-0.4, -0.2) is 14.2 Å². The van der Waals surface area contributed by atoms with E-state index >= 15 is 0 Å². The average molecular weight is 263 g/mol. The highest BCUT2D eigenvalue weighted by Gasteiger charge is 2.37. The van der Waals surface area contributed by atoms with Crippen LogP contribution in [0.1, 0.15) is 56.6 Å². The summed E-state index contributed by atoms with van der Waals surface area (Å²) in [4.78, 5) is 0. The summed E-state index contributed by atoms with van der Waals surface area (Å²) < 4.78 is 11.1. The van der Waals surface area contributed by atoms with Crippen molar-refractivity contribution in [2.75, 3.05) is 14.2 Å². The number of methoxy groups -OCH3 is 2. The molecule has 0 unspecified atom stereocenters. The Kier molecular flexibility index (Phi) is 4.04. The molecular formula is C16H25NO2. The highest BCUT2D eigenvalue weighted by molar-refractivity contribution is 5.54. The molecule has 0 aliphatic heterocycles. The van der Waals surface area contributed by atoms with E-state index in [1.54, 1.807) is 14.2 Å². The minimum atomic E-state index is -0.264. The third-order valence-electron chi connectivity index (χ3n) is 4.18. The SMILES string of the molecule is COc1ccc(OC)c(C2(N)CCCC2)c1C(C)C. The third-order valence-corrected chi connectivity index (χ3v) is 4.18. The molecule has 0 bridgehead atoms. The fourth-order valence-corrected chi connectivity index (χ4v) is 3.27. The predicted octanol–water partition coefficient (Wildman–Crippen LogP) is 3.56.